The Morgan fingerprint density at radius 2 is 1.55 bits per heavy atom. The number of para-hydroxylation sites is 2. The van der Waals surface area contributed by atoms with Crippen molar-refractivity contribution in [1.82, 2.24) is 9.78 Å². The van der Waals surface area contributed by atoms with Crippen molar-refractivity contribution < 1.29 is 14.1 Å². The Labute approximate surface area is 180 Å². The zero-order chi connectivity index (χ0) is 21.6. The summed E-state index contributed by atoms with van der Waals surface area (Å²) in [5, 5.41) is 14.6. The Hall–Kier alpha value is -4.28. The average molecular weight is 408 g/mol. The zero-order valence-corrected chi connectivity index (χ0v) is 17.0. The van der Waals surface area contributed by atoms with Gasteiger partial charge in [-0.15, -0.1) is 0 Å². The molecule has 0 fully saturated rings. The van der Waals surface area contributed by atoms with Crippen molar-refractivity contribution in [3.8, 4) is 22.8 Å². The molecule has 0 spiro atoms. The molecule has 0 bridgehead atoms. The maximum atomic E-state index is 12.6. The van der Waals surface area contributed by atoms with Crippen LogP contribution >= 0.6 is 0 Å². The molecule has 4 aromatic rings. The number of ether oxygens (including phenoxy) is 1. The third-order valence-electron chi connectivity index (χ3n) is 4.68. The zero-order valence-electron chi connectivity index (χ0n) is 17.0. The summed E-state index contributed by atoms with van der Waals surface area (Å²) in [6.07, 6.45) is 0. The number of carbonyl (C=O) groups is 1. The lowest BCUT2D eigenvalue weighted by Crippen LogP contribution is -2.37. The second kappa shape index (κ2) is 9.03. The van der Waals surface area contributed by atoms with Crippen LogP contribution in [0.15, 0.2) is 91.0 Å². The van der Waals surface area contributed by atoms with Gasteiger partial charge in [-0.05, 0) is 43.3 Å². The van der Waals surface area contributed by atoms with E-state index in [0.717, 1.165) is 16.9 Å². The minimum Gasteiger partial charge on any atom is -0.762 e. The second-order valence-corrected chi connectivity index (χ2v) is 6.64. The topological polar surface area (TPSA) is 70.3 Å². The molecule has 4 rings (SSSR count). The van der Waals surface area contributed by atoms with Crippen LogP contribution < -0.4 is 4.57 Å². The van der Waals surface area contributed by atoms with Crippen molar-refractivity contribution in [3.63, 3.8) is 0 Å². The van der Waals surface area contributed by atoms with Crippen molar-refractivity contribution in [2.24, 2.45) is 0 Å². The molecule has 0 atom stereocenters. The molecule has 0 N–H and O–H groups in total. The first-order valence-corrected chi connectivity index (χ1v) is 9.90. The molecule has 6 heteroatoms. The summed E-state index contributed by atoms with van der Waals surface area (Å²) >= 11 is 0. The fourth-order valence-corrected chi connectivity index (χ4v) is 3.34. The van der Waals surface area contributed by atoms with Gasteiger partial charge in [0.2, 0.25) is 0 Å². The van der Waals surface area contributed by atoms with Gasteiger partial charge in [0, 0.05) is 0 Å². The van der Waals surface area contributed by atoms with E-state index in [4.69, 9.17) is 9.84 Å². The molecule has 0 saturated heterocycles. The Balaban J connectivity index is 2.10. The van der Waals surface area contributed by atoms with Crippen LogP contribution in [0.2, 0.25) is 0 Å². The number of nitrogens with zero attached hydrogens (tertiary/aromatic N) is 4. The van der Waals surface area contributed by atoms with Gasteiger partial charge >= 0.3 is 11.8 Å². The van der Waals surface area contributed by atoms with E-state index in [9.17, 15) is 10.2 Å². The van der Waals surface area contributed by atoms with Gasteiger partial charge < -0.3 is 10.1 Å². The van der Waals surface area contributed by atoms with Gasteiger partial charge in [0.15, 0.2) is 5.57 Å². The molecule has 3 aromatic carbocycles. The van der Waals surface area contributed by atoms with E-state index < -0.39 is 5.97 Å². The third kappa shape index (κ3) is 3.92. The van der Waals surface area contributed by atoms with Crippen LogP contribution in [0.4, 0.5) is 0 Å². The van der Waals surface area contributed by atoms with E-state index in [1.807, 2.05) is 101 Å². The van der Waals surface area contributed by atoms with Crippen LogP contribution in [0.1, 0.15) is 12.7 Å². The van der Waals surface area contributed by atoms with E-state index in [2.05, 4.69) is 0 Å². The van der Waals surface area contributed by atoms with Crippen LogP contribution in [0, 0.1) is 0 Å². The molecule has 0 aliphatic rings. The van der Waals surface area contributed by atoms with E-state index >= 15 is 0 Å². The maximum absolute atomic E-state index is 12.6. The molecule has 0 amide bonds. The number of aromatic nitrogens is 3. The molecule has 0 saturated carbocycles. The van der Waals surface area contributed by atoms with Gasteiger partial charge in [-0.25, -0.2) is 10.7 Å². The summed E-state index contributed by atoms with van der Waals surface area (Å²) in [6, 6.07) is 28.9. The first kappa shape index (κ1) is 20.0. The number of esters is 1. The molecule has 1 heterocycles. The molecule has 0 radical (unpaired) electrons. The van der Waals surface area contributed by atoms with Crippen molar-refractivity contribution in [2.75, 3.05) is 6.61 Å². The largest absolute Gasteiger partial charge is 0.762 e. The number of benzene rings is 3. The van der Waals surface area contributed by atoms with Crippen LogP contribution in [0.5, 0.6) is 0 Å². The molecule has 1 aromatic heterocycles. The van der Waals surface area contributed by atoms with E-state index in [0.29, 0.717) is 5.82 Å². The van der Waals surface area contributed by atoms with Gasteiger partial charge in [-0.2, -0.15) is 4.57 Å². The molecular formula is C25H20N4O2. The number of rotatable bonds is 6. The molecule has 6 nitrogen and oxygen atoms in total. The van der Waals surface area contributed by atoms with Crippen molar-refractivity contribution >= 4 is 17.4 Å². The number of hydrogen-bond donors (Lipinski definition) is 0. The van der Waals surface area contributed by atoms with Crippen molar-refractivity contribution in [2.45, 2.75) is 6.92 Å². The number of carbonyl (C=O) groups excluding carboxylic acids is 1. The molecule has 0 aliphatic carbocycles. The van der Waals surface area contributed by atoms with Gasteiger partial charge in [-0.3, -0.25) is 0 Å². The quantitative estimate of drug-likeness (QED) is 0.210. The Morgan fingerprint density at radius 1 is 0.968 bits per heavy atom. The smallest absolute Gasteiger partial charge is 0.351 e. The van der Waals surface area contributed by atoms with E-state index in [-0.39, 0.29) is 18.0 Å². The molecule has 0 unspecified atom stereocenters. The van der Waals surface area contributed by atoms with E-state index in [1.165, 1.54) is 0 Å². The first-order chi connectivity index (χ1) is 15.2. The highest BCUT2D eigenvalue weighted by molar-refractivity contribution is 6.25. The molecule has 31 heavy (non-hydrogen) atoms. The fraction of sp³-hybridized carbons (Fsp3) is 0.0800. The Kier molecular flexibility index (Phi) is 5.83. The molecule has 0 aliphatic heterocycles. The first-order valence-electron chi connectivity index (χ1n) is 9.90. The summed E-state index contributed by atoms with van der Waals surface area (Å²) in [6.45, 7) is 1.87. The fourth-order valence-electron chi connectivity index (χ4n) is 3.34. The predicted molar refractivity (Wildman–Crippen MR) is 119 cm³/mol. The lowest BCUT2D eigenvalue weighted by atomic mass is 10.2. The lowest BCUT2D eigenvalue weighted by molar-refractivity contribution is -0.586. The Morgan fingerprint density at radius 3 is 2.13 bits per heavy atom. The van der Waals surface area contributed by atoms with Crippen LogP contribution in [-0.2, 0) is 9.53 Å². The van der Waals surface area contributed by atoms with Crippen LogP contribution in [0.25, 0.3) is 33.7 Å². The highest BCUT2D eigenvalue weighted by atomic mass is 16.5. The summed E-state index contributed by atoms with van der Waals surface area (Å²) in [7, 11) is 0. The third-order valence-corrected chi connectivity index (χ3v) is 4.68. The maximum Gasteiger partial charge on any atom is 0.351 e. The monoisotopic (exact) mass is 408 g/mol. The molecule has 152 valence electrons. The van der Waals surface area contributed by atoms with Gasteiger partial charge in [0.25, 0.3) is 5.82 Å². The summed E-state index contributed by atoms with van der Waals surface area (Å²) in [5.74, 6) is 2.23. The summed E-state index contributed by atoms with van der Waals surface area (Å²) < 4.78 is 8.70. The SMILES string of the molecule is CCOC(=O)C(=C=[N-])c1nn(-c2ccccc2)c(-c2ccccc2)[n+]1-c1ccccc1. The van der Waals surface area contributed by atoms with Crippen molar-refractivity contribution in [3.05, 3.63) is 102 Å². The predicted octanol–water partition coefficient (Wildman–Crippen LogP) is 4.00. The van der Waals surface area contributed by atoms with Crippen LogP contribution in [0.3, 0.4) is 0 Å². The summed E-state index contributed by atoms with van der Waals surface area (Å²) in [4.78, 5) is 12.6. The number of hydrogen-bond acceptors (Lipinski definition) is 3. The van der Waals surface area contributed by atoms with Gasteiger partial charge in [0.1, 0.15) is 11.4 Å². The van der Waals surface area contributed by atoms with Gasteiger partial charge in [-0.1, -0.05) is 59.3 Å². The Bertz CT molecular complexity index is 1240. The standard InChI is InChI=1S/C25H20N4O2/c1-2-31-25(30)22(18-26)23-27-29(21-16-10-5-11-17-21)24(19-12-6-3-7-13-19)28(23)20-14-8-4-9-15-20/h3-17H,2H2,1H3. The minimum absolute atomic E-state index is 0.155. The lowest BCUT2D eigenvalue weighted by Gasteiger charge is -2.07. The van der Waals surface area contributed by atoms with E-state index in [1.54, 1.807) is 11.6 Å². The highest BCUT2D eigenvalue weighted by Crippen LogP contribution is 2.24. The average Bonchev–Trinajstić information content (AvgIpc) is 3.22. The molecular weight excluding hydrogens is 388 g/mol. The summed E-state index contributed by atoms with van der Waals surface area (Å²) in [5.41, 5.74) is 2.31. The minimum atomic E-state index is -0.702. The normalized spacial score (nSPS) is 10.4. The van der Waals surface area contributed by atoms with Gasteiger partial charge in [0.05, 0.1) is 17.3 Å². The second-order valence-electron chi connectivity index (χ2n) is 6.64. The van der Waals surface area contributed by atoms with Crippen LogP contribution in [-0.4, -0.2) is 28.2 Å². The highest BCUT2D eigenvalue weighted by Gasteiger charge is 2.34. The van der Waals surface area contributed by atoms with Crippen molar-refractivity contribution in [1.29, 1.82) is 0 Å².